The predicted octanol–water partition coefficient (Wildman–Crippen LogP) is 4.12. The van der Waals surface area contributed by atoms with Crippen LogP contribution in [0.3, 0.4) is 0 Å². The lowest BCUT2D eigenvalue weighted by Gasteiger charge is -2.09. The molecule has 116 valence electrons. The quantitative estimate of drug-likeness (QED) is 0.700. The minimum absolute atomic E-state index is 0.198. The maximum absolute atomic E-state index is 12.5. The Morgan fingerprint density at radius 3 is 2.52 bits per heavy atom. The third-order valence-electron chi connectivity index (χ3n) is 3.39. The van der Waals surface area contributed by atoms with Crippen molar-refractivity contribution in [3.63, 3.8) is 0 Å². The van der Waals surface area contributed by atoms with Crippen molar-refractivity contribution in [2.45, 2.75) is 6.54 Å². The van der Waals surface area contributed by atoms with Crippen LogP contribution in [0.25, 0.3) is 5.69 Å². The number of carbonyl (C=O) groups is 1. The van der Waals surface area contributed by atoms with Crippen molar-refractivity contribution in [3.05, 3.63) is 81.8 Å². The second kappa shape index (κ2) is 6.81. The Bertz CT molecular complexity index is 869. The van der Waals surface area contributed by atoms with Crippen LogP contribution in [0.4, 0.5) is 0 Å². The number of imidazole rings is 1. The summed E-state index contributed by atoms with van der Waals surface area (Å²) in [5.74, 6) is -0.198. The van der Waals surface area contributed by atoms with E-state index in [0.717, 1.165) is 11.3 Å². The van der Waals surface area contributed by atoms with Gasteiger partial charge in [-0.15, -0.1) is 0 Å². The van der Waals surface area contributed by atoms with Gasteiger partial charge in [0.25, 0.3) is 5.91 Å². The lowest BCUT2D eigenvalue weighted by molar-refractivity contribution is 0.0944. The molecule has 0 aliphatic rings. The fourth-order valence-electron chi connectivity index (χ4n) is 2.24. The summed E-state index contributed by atoms with van der Waals surface area (Å²) in [6.07, 6.45) is 1.62. The second-order valence-corrected chi connectivity index (χ2v) is 5.78. The molecule has 2 aromatic carbocycles. The third-order valence-corrected chi connectivity index (χ3v) is 3.94. The van der Waals surface area contributed by atoms with Crippen LogP contribution in [0, 0.1) is 4.77 Å². The Balaban J connectivity index is 1.81. The van der Waals surface area contributed by atoms with Crippen molar-refractivity contribution in [2.24, 2.45) is 0 Å². The fraction of sp³-hybridized carbons (Fsp3) is 0.0588. The van der Waals surface area contributed by atoms with Gasteiger partial charge in [-0.05, 0) is 42.0 Å². The molecule has 4 nitrogen and oxygen atoms in total. The molecule has 23 heavy (non-hydrogen) atoms. The molecule has 0 atom stereocenters. The fourth-order valence-corrected chi connectivity index (χ4v) is 2.63. The monoisotopic (exact) mass is 343 g/mol. The number of hydrogen-bond acceptors (Lipinski definition) is 2. The van der Waals surface area contributed by atoms with Crippen LogP contribution in [-0.2, 0) is 6.54 Å². The molecular formula is C17H14ClN3OS. The van der Waals surface area contributed by atoms with Gasteiger partial charge in [-0.25, -0.2) is 0 Å². The van der Waals surface area contributed by atoms with E-state index in [1.165, 1.54) is 0 Å². The van der Waals surface area contributed by atoms with E-state index >= 15 is 0 Å². The van der Waals surface area contributed by atoms with Gasteiger partial charge in [-0.3, -0.25) is 9.36 Å². The molecule has 0 spiro atoms. The average molecular weight is 344 g/mol. The zero-order chi connectivity index (χ0) is 16.2. The number of nitrogens with zero attached hydrogens (tertiary/aromatic N) is 1. The highest BCUT2D eigenvalue weighted by Gasteiger charge is 2.13. The first-order valence-corrected chi connectivity index (χ1v) is 7.82. The Labute approximate surface area is 143 Å². The summed E-state index contributed by atoms with van der Waals surface area (Å²) >= 11 is 11.1. The number of halogens is 1. The first-order chi connectivity index (χ1) is 11.1. The summed E-state index contributed by atoms with van der Waals surface area (Å²) in [6.45, 7) is 0.419. The van der Waals surface area contributed by atoms with Crippen molar-refractivity contribution < 1.29 is 4.79 Å². The molecule has 6 heteroatoms. The van der Waals surface area contributed by atoms with Gasteiger partial charge in [0, 0.05) is 23.5 Å². The zero-order valence-corrected chi connectivity index (χ0v) is 13.7. The Kier molecular flexibility index (Phi) is 4.60. The van der Waals surface area contributed by atoms with Gasteiger partial charge in [-0.1, -0.05) is 41.9 Å². The number of rotatable bonds is 4. The third kappa shape index (κ3) is 3.52. The maximum Gasteiger partial charge on any atom is 0.270 e. The number of nitrogens with one attached hydrogen (secondary N) is 2. The Morgan fingerprint density at radius 2 is 1.83 bits per heavy atom. The molecule has 0 saturated heterocycles. The SMILES string of the molecule is O=C(NCc1ccc(Cl)cc1)c1c[nH]c(=S)n1-c1ccccc1. The number of para-hydroxylation sites is 1. The highest BCUT2D eigenvalue weighted by Crippen LogP contribution is 2.13. The topological polar surface area (TPSA) is 49.8 Å². The number of hydrogen-bond donors (Lipinski definition) is 2. The molecule has 0 aliphatic carbocycles. The number of aromatic nitrogens is 2. The van der Waals surface area contributed by atoms with Gasteiger partial charge in [0.1, 0.15) is 5.69 Å². The summed E-state index contributed by atoms with van der Waals surface area (Å²) < 4.78 is 2.19. The second-order valence-electron chi connectivity index (χ2n) is 4.96. The van der Waals surface area contributed by atoms with Crippen molar-refractivity contribution in [1.82, 2.24) is 14.9 Å². The van der Waals surface area contributed by atoms with Crippen molar-refractivity contribution >= 4 is 29.7 Å². The lowest BCUT2D eigenvalue weighted by atomic mass is 10.2. The van der Waals surface area contributed by atoms with Crippen LogP contribution >= 0.6 is 23.8 Å². The first kappa shape index (κ1) is 15.5. The van der Waals surface area contributed by atoms with E-state index in [2.05, 4.69) is 10.3 Å². The minimum atomic E-state index is -0.198. The molecule has 1 aromatic heterocycles. The van der Waals surface area contributed by atoms with E-state index in [1.807, 2.05) is 42.5 Å². The summed E-state index contributed by atoms with van der Waals surface area (Å²) in [6, 6.07) is 16.9. The minimum Gasteiger partial charge on any atom is -0.347 e. The molecule has 1 heterocycles. The van der Waals surface area contributed by atoms with Crippen LogP contribution in [0.2, 0.25) is 5.02 Å². The van der Waals surface area contributed by atoms with Gasteiger partial charge in [0.15, 0.2) is 4.77 Å². The highest BCUT2D eigenvalue weighted by atomic mass is 35.5. The average Bonchev–Trinajstić information content (AvgIpc) is 2.96. The summed E-state index contributed by atoms with van der Waals surface area (Å²) in [4.78, 5) is 15.4. The van der Waals surface area contributed by atoms with Crippen LogP contribution in [0.1, 0.15) is 16.1 Å². The zero-order valence-electron chi connectivity index (χ0n) is 12.1. The number of amides is 1. The standard InChI is InChI=1S/C17H14ClN3OS/c18-13-8-6-12(7-9-13)10-19-16(22)15-11-20-17(23)21(15)14-4-2-1-3-5-14/h1-9,11H,10H2,(H,19,22)(H,20,23). The molecule has 0 saturated carbocycles. The van der Waals surface area contributed by atoms with Gasteiger partial charge in [-0.2, -0.15) is 0 Å². The summed E-state index contributed by atoms with van der Waals surface area (Å²) in [5.41, 5.74) is 2.29. The van der Waals surface area contributed by atoms with Crippen molar-refractivity contribution in [1.29, 1.82) is 0 Å². The summed E-state index contributed by atoms with van der Waals surface area (Å²) in [7, 11) is 0. The Hall–Kier alpha value is -2.37. The Morgan fingerprint density at radius 1 is 1.13 bits per heavy atom. The smallest absolute Gasteiger partial charge is 0.270 e. The van der Waals surface area contributed by atoms with Crippen LogP contribution < -0.4 is 5.32 Å². The van der Waals surface area contributed by atoms with Gasteiger partial charge < -0.3 is 10.3 Å². The molecular weight excluding hydrogens is 330 g/mol. The summed E-state index contributed by atoms with van der Waals surface area (Å²) in [5, 5.41) is 3.56. The van der Waals surface area contributed by atoms with Gasteiger partial charge in [0.05, 0.1) is 0 Å². The molecule has 0 bridgehead atoms. The van der Waals surface area contributed by atoms with Gasteiger partial charge >= 0.3 is 0 Å². The van der Waals surface area contributed by atoms with Crippen LogP contribution in [0.15, 0.2) is 60.8 Å². The van der Waals surface area contributed by atoms with Gasteiger partial charge in [0.2, 0.25) is 0 Å². The molecule has 3 rings (SSSR count). The lowest BCUT2D eigenvalue weighted by Crippen LogP contribution is -2.25. The molecule has 0 radical (unpaired) electrons. The number of H-pyrrole nitrogens is 1. The van der Waals surface area contributed by atoms with E-state index in [4.69, 9.17) is 23.8 Å². The molecule has 2 N–H and O–H groups in total. The molecule has 0 aliphatic heterocycles. The molecule has 3 aromatic rings. The predicted molar refractivity (Wildman–Crippen MR) is 93.6 cm³/mol. The van der Waals surface area contributed by atoms with E-state index in [9.17, 15) is 4.79 Å². The molecule has 1 amide bonds. The maximum atomic E-state index is 12.5. The molecule has 0 unspecified atom stereocenters. The van der Waals surface area contributed by atoms with E-state index in [0.29, 0.717) is 22.0 Å². The van der Waals surface area contributed by atoms with E-state index in [1.54, 1.807) is 22.9 Å². The van der Waals surface area contributed by atoms with E-state index in [-0.39, 0.29) is 5.91 Å². The van der Waals surface area contributed by atoms with Crippen LogP contribution in [0.5, 0.6) is 0 Å². The number of carbonyl (C=O) groups excluding carboxylic acids is 1. The largest absolute Gasteiger partial charge is 0.347 e. The number of benzene rings is 2. The first-order valence-electron chi connectivity index (χ1n) is 7.03. The number of aromatic amines is 1. The van der Waals surface area contributed by atoms with Crippen LogP contribution in [-0.4, -0.2) is 15.5 Å². The van der Waals surface area contributed by atoms with Crippen molar-refractivity contribution in [2.75, 3.05) is 0 Å². The highest BCUT2D eigenvalue weighted by molar-refractivity contribution is 7.71. The normalized spacial score (nSPS) is 10.5. The van der Waals surface area contributed by atoms with Crippen molar-refractivity contribution in [3.8, 4) is 5.69 Å². The molecule has 0 fully saturated rings. The van der Waals surface area contributed by atoms with E-state index < -0.39 is 0 Å².